The van der Waals surface area contributed by atoms with E-state index in [0.29, 0.717) is 12.5 Å². The Kier molecular flexibility index (Phi) is 6.31. The molecule has 2 aliphatic heterocycles. The summed E-state index contributed by atoms with van der Waals surface area (Å²) in [6, 6.07) is 11.4. The molecule has 0 bridgehead atoms. The van der Waals surface area contributed by atoms with Crippen molar-refractivity contribution in [2.75, 3.05) is 13.6 Å². The van der Waals surface area contributed by atoms with Crippen molar-refractivity contribution in [3.05, 3.63) is 42.5 Å². The van der Waals surface area contributed by atoms with E-state index in [1.165, 1.54) is 12.1 Å². The van der Waals surface area contributed by atoms with Gasteiger partial charge >= 0.3 is 51.4 Å². The molecule has 4 rings (SSSR count). The summed E-state index contributed by atoms with van der Waals surface area (Å²) in [4.78, 5) is -0.309. The van der Waals surface area contributed by atoms with Gasteiger partial charge in [0.15, 0.2) is 23.0 Å². The third-order valence-corrected chi connectivity index (χ3v) is 3.74. The summed E-state index contributed by atoms with van der Waals surface area (Å²) in [7, 11) is -4.41. The van der Waals surface area contributed by atoms with Gasteiger partial charge in [-0.15, -0.1) is 0 Å². The molecular weight excluding hydrogens is 351 g/mol. The SMILES string of the molecule is O=S(=O)([O-])c1ccc2c(c1)OCO2.[K+].c1ccc2c(c1)OCO2. The van der Waals surface area contributed by atoms with Gasteiger partial charge in [-0.05, 0) is 24.3 Å². The van der Waals surface area contributed by atoms with Crippen LogP contribution in [0.1, 0.15) is 0 Å². The molecule has 0 atom stereocenters. The zero-order valence-electron chi connectivity index (χ0n) is 12.2. The van der Waals surface area contributed by atoms with Gasteiger partial charge in [0.05, 0.1) is 4.90 Å². The van der Waals surface area contributed by atoms with E-state index < -0.39 is 10.1 Å². The fourth-order valence-electron chi connectivity index (χ4n) is 1.88. The Morgan fingerprint density at radius 1 is 0.783 bits per heavy atom. The molecule has 0 amide bonds. The molecule has 2 aliphatic rings. The van der Waals surface area contributed by atoms with Crippen LogP contribution < -0.4 is 70.3 Å². The summed E-state index contributed by atoms with van der Waals surface area (Å²) < 4.78 is 51.8. The molecule has 0 radical (unpaired) electrons. The molecule has 7 nitrogen and oxygen atoms in total. The van der Waals surface area contributed by atoms with Crippen molar-refractivity contribution >= 4 is 10.1 Å². The molecular formula is C14H11KO7S. The summed E-state index contributed by atoms with van der Waals surface area (Å²) in [6.45, 7) is 0.414. The van der Waals surface area contributed by atoms with E-state index in [1.807, 2.05) is 24.3 Å². The van der Waals surface area contributed by atoms with Crippen LogP contribution in [0.15, 0.2) is 47.4 Å². The van der Waals surface area contributed by atoms with Crippen LogP contribution in [0.5, 0.6) is 23.0 Å². The van der Waals surface area contributed by atoms with E-state index in [2.05, 4.69) is 0 Å². The zero-order valence-corrected chi connectivity index (χ0v) is 16.2. The van der Waals surface area contributed by atoms with Gasteiger partial charge < -0.3 is 23.5 Å². The smallest absolute Gasteiger partial charge is 0.744 e. The van der Waals surface area contributed by atoms with Gasteiger partial charge in [0.25, 0.3) is 0 Å². The molecule has 0 unspecified atom stereocenters. The van der Waals surface area contributed by atoms with E-state index >= 15 is 0 Å². The van der Waals surface area contributed by atoms with Gasteiger partial charge in [-0.3, -0.25) is 0 Å². The largest absolute Gasteiger partial charge is 1.00 e. The minimum Gasteiger partial charge on any atom is -0.744 e. The molecule has 0 saturated heterocycles. The second kappa shape index (κ2) is 7.84. The van der Waals surface area contributed by atoms with Crippen LogP contribution >= 0.6 is 0 Å². The summed E-state index contributed by atoms with van der Waals surface area (Å²) in [6.07, 6.45) is 0. The van der Waals surface area contributed by atoms with E-state index in [0.717, 1.165) is 17.6 Å². The molecule has 116 valence electrons. The van der Waals surface area contributed by atoms with Crippen LogP contribution in [-0.4, -0.2) is 26.6 Å². The number of rotatable bonds is 1. The maximum Gasteiger partial charge on any atom is 1.00 e. The van der Waals surface area contributed by atoms with Gasteiger partial charge in [0, 0.05) is 6.07 Å². The number of fused-ring (bicyclic) bond motifs is 2. The minimum absolute atomic E-state index is 0. The van der Waals surface area contributed by atoms with Gasteiger partial charge in [0.1, 0.15) is 10.1 Å². The van der Waals surface area contributed by atoms with Crippen molar-refractivity contribution in [1.82, 2.24) is 0 Å². The number of hydrogen-bond acceptors (Lipinski definition) is 7. The van der Waals surface area contributed by atoms with Crippen molar-refractivity contribution in [2.24, 2.45) is 0 Å². The number of hydrogen-bond donors (Lipinski definition) is 0. The Morgan fingerprint density at radius 3 is 1.78 bits per heavy atom. The van der Waals surface area contributed by atoms with Gasteiger partial charge in [-0.25, -0.2) is 8.42 Å². The van der Waals surface area contributed by atoms with Crippen molar-refractivity contribution < 1.29 is 83.3 Å². The quantitative estimate of drug-likeness (QED) is 0.462. The number of para-hydroxylation sites is 2. The maximum atomic E-state index is 10.6. The van der Waals surface area contributed by atoms with Crippen molar-refractivity contribution in [2.45, 2.75) is 4.90 Å². The maximum absolute atomic E-state index is 10.6. The van der Waals surface area contributed by atoms with E-state index in [-0.39, 0.29) is 68.8 Å². The van der Waals surface area contributed by atoms with Crippen LogP contribution in [0.4, 0.5) is 0 Å². The van der Waals surface area contributed by atoms with E-state index in [1.54, 1.807) is 0 Å². The average molecular weight is 362 g/mol. The third kappa shape index (κ3) is 4.60. The summed E-state index contributed by atoms with van der Waals surface area (Å²) in [5.41, 5.74) is 0. The summed E-state index contributed by atoms with van der Waals surface area (Å²) in [5.74, 6) is 2.43. The predicted molar refractivity (Wildman–Crippen MR) is 73.1 cm³/mol. The molecule has 2 aromatic carbocycles. The van der Waals surface area contributed by atoms with Gasteiger partial charge in [-0.1, -0.05) is 12.1 Å². The normalized spacial score (nSPS) is 13.6. The van der Waals surface area contributed by atoms with Crippen LogP contribution in [0, 0.1) is 0 Å². The van der Waals surface area contributed by atoms with Crippen molar-refractivity contribution in [3.8, 4) is 23.0 Å². The summed E-state index contributed by atoms with van der Waals surface area (Å²) in [5, 5.41) is 0. The second-order valence-electron chi connectivity index (χ2n) is 4.32. The Morgan fingerprint density at radius 2 is 1.26 bits per heavy atom. The monoisotopic (exact) mass is 362 g/mol. The first-order valence-electron chi connectivity index (χ1n) is 6.24. The molecule has 0 aliphatic carbocycles. The second-order valence-corrected chi connectivity index (χ2v) is 5.70. The molecule has 2 heterocycles. The average Bonchev–Trinajstić information content (AvgIpc) is 3.15. The Balaban J connectivity index is 0.000000169. The molecule has 0 aromatic heterocycles. The van der Waals surface area contributed by atoms with E-state index in [4.69, 9.17) is 18.9 Å². The Hall–Kier alpha value is -0.814. The first-order valence-corrected chi connectivity index (χ1v) is 7.65. The van der Waals surface area contributed by atoms with Crippen LogP contribution in [0.3, 0.4) is 0 Å². The fourth-order valence-corrected chi connectivity index (χ4v) is 2.36. The van der Waals surface area contributed by atoms with Crippen molar-refractivity contribution in [3.63, 3.8) is 0 Å². The number of benzene rings is 2. The molecule has 2 aromatic rings. The number of ether oxygens (including phenoxy) is 4. The van der Waals surface area contributed by atoms with Crippen molar-refractivity contribution in [1.29, 1.82) is 0 Å². The first-order chi connectivity index (χ1) is 10.5. The predicted octanol–water partition coefficient (Wildman–Crippen LogP) is -1.26. The summed E-state index contributed by atoms with van der Waals surface area (Å²) >= 11 is 0. The van der Waals surface area contributed by atoms with Gasteiger partial charge in [0.2, 0.25) is 13.6 Å². The first kappa shape index (κ1) is 18.5. The van der Waals surface area contributed by atoms with E-state index in [9.17, 15) is 13.0 Å². The van der Waals surface area contributed by atoms with Crippen LogP contribution in [0.25, 0.3) is 0 Å². The standard InChI is InChI=1S/C7H6O5S.C7H6O2.K/c8-13(9,10)5-1-2-6-7(3-5)12-4-11-6;1-2-4-7-6(3-1)8-5-9-7;/h1-3H,4H2,(H,8,9,10);1-4H,5H2;/q;;+1/p-1. The topological polar surface area (TPSA) is 94.1 Å². The van der Waals surface area contributed by atoms with Crippen LogP contribution in [0.2, 0.25) is 0 Å². The van der Waals surface area contributed by atoms with Crippen LogP contribution in [-0.2, 0) is 10.1 Å². The Labute approximate surface area is 175 Å². The molecule has 9 heteroatoms. The molecule has 0 spiro atoms. The molecule has 0 fully saturated rings. The molecule has 0 saturated carbocycles. The molecule has 23 heavy (non-hydrogen) atoms. The zero-order chi connectivity index (χ0) is 15.6. The Bertz CT molecular complexity index is 768. The minimum atomic E-state index is -4.41. The fraction of sp³-hybridized carbons (Fsp3) is 0.143. The molecule has 0 N–H and O–H groups in total. The third-order valence-electron chi connectivity index (χ3n) is 2.91. The van der Waals surface area contributed by atoms with Gasteiger partial charge in [-0.2, -0.15) is 0 Å².